The van der Waals surface area contributed by atoms with Crippen molar-refractivity contribution in [2.45, 2.75) is 0 Å². The van der Waals surface area contributed by atoms with Crippen molar-refractivity contribution in [2.24, 2.45) is 0 Å². The lowest BCUT2D eigenvalue weighted by Crippen LogP contribution is -2.32. The molecule has 0 aliphatic rings. The Balaban J connectivity index is 2.24. The number of halogens is 1. The molecule has 18 heavy (non-hydrogen) atoms. The van der Waals surface area contributed by atoms with Crippen LogP contribution in [0.1, 0.15) is 0 Å². The van der Waals surface area contributed by atoms with E-state index in [4.69, 9.17) is 0 Å². The minimum absolute atomic E-state index is 0.0918. The van der Waals surface area contributed by atoms with Gasteiger partial charge < -0.3 is 10.2 Å². The van der Waals surface area contributed by atoms with Crippen molar-refractivity contribution in [1.29, 1.82) is 0 Å². The topological polar surface area (TPSA) is 32.3 Å². The summed E-state index contributed by atoms with van der Waals surface area (Å²) in [6.45, 7) is 0.677. The minimum Gasteiger partial charge on any atom is -0.327 e. The van der Waals surface area contributed by atoms with Gasteiger partial charge in [0.15, 0.2) is 0 Å². The van der Waals surface area contributed by atoms with Gasteiger partial charge in [-0.25, -0.2) is 4.79 Å². The van der Waals surface area contributed by atoms with Crippen LogP contribution in [0.15, 0.2) is 42.5 Å². The predicted octanol–water partition coefficient (Wildman–Crippen LogP) is 3.70. The molecule has 0 bridgehead atoms. The first kappa shape index (κ1) is 12.9. The summed E-state index contributed by atoms with van der Waals surface area (Å²) in [6, 6.07) is 13.8. The molecule has 0 aliphatic carbocycles. The number of alkyl halides is 1. The Hall–Kier alpha value is -1.55. The highest BCUT2D eigenvalue weighted by Crippen LogP contribution is 2.23. The lowest BCUT2D eigenvalue weighted by atomic mass is 10.1. The van der Waals surface area contributed by atoms with Crippen molar-refractivity contribution < 1.29 is 4.79 Å². The van der Waals surface area contributed by atoms with E-state index < -0.39 is 0 Å². The summed E-state index contributed by atoms with van der Waals surface area (Å²) in [5.74, 6) is 0. The number of nitrogens with zero attached hydrogens (tertiary/aromatic N) is 1. The fourth-order valence-corrected chi connectivity index (χ4v) is 2.31. The first-order chi connectivity index (χ1) is 8.72. The number of hydrogen-bond donors (Lipinski definition) is 1. The van der Waals surface area contributed by atoms with E-state index in [0.717, 1.165) is 21.8 Å². The highest BCUT2D eigenvalue weighted by molar-refractivity contribution is 9.09. The maximum Gasteiger partial charge on any atom is 0.321 e. The zero-order chi connectivity index (χ0) is 13.0. The van der Waals surface area contributed by atoms with Gasteiger partial charge in [-0.2, -0.15) is 0 Å². The van der Waals surface area contributed by atoms with Gasteiger partial charge in [-0.15, -0.1) is 0 Å². The number of fused-ring (bicyclic) bond motifs is 1. The zero-order valence-electron chi connectivity index (χ0n) is 10.2. The standard InChI is InChI=1S/C14H15BrN2O/c1-17(10-9-15)14(18)16-13-8-4-6-11-5-2-3-7-12(11)13/h2-8H,9-10H2,1H3,(H,16,18). The van der Waals surface area contributed by atoms with Gasteiger partial charge in [-0.1, -0.05) is 52.3 Å². The molecular weight excluding hydrogens is 292 g/mol. The fraction of sp³-hybridized carbons (Fsp3) is 0.214. The summed E-state index contributed by atoms with van der Waals surface area (Å²) in [4.78, 5) is 13.6. The molecular formula is C14H15BrN2O. The molecule has 2 aromatic rings. The molecule has 2 rings (SSSR count). The third-order valence-corrected chi connectivity index (χ3v) is 3.15. The van der Waals surface area contributed by atoms with E-state index in [9.17, 15) is 4.79 Å². The Kier molecular flexibility index (Phi) is 4.20. The average Bonchev–Trinajstić information content (AvgIpc) is 2.39. The summed E-state index contributed by atoms with van der Waals surface area (Å²) in [5, 5.41) is 5.89. The second-order valence-electron chi connectivity index (χ2n) is 4.07. The number of nitrogens with one attached hydrogen (secondary N) is 1. The monoisotopic (exact) mass is 306 g/mol. The molecule has 0 spiro atoms. The smallest absolute Gasteiger partial charge is 0.321 e. The average molecular weight is 307 g/mol. The summed E-state index contributed by atoms with van der Waals surface area (Å²) in [6.07, 6.45) is 0. The molecule has 94 valence electrons. The minimum atomic E-state index is -0.0918. The van der Waals surface area contributed by atoms with Crippen molar-refractivity contribution in [3.8, 4) is 0 Å². The van der Waals surface area contributed by atoms with Gasteiger partial charge in [0, 0.05) is 24.3 Å². The van der Waals surface area contributed by atoms with Crippen molar-refractivity contribution in [3.05, 3.63) is 42.5 Å². The number of benzene rings is 2. The zero-order valence-corrected chi connectivity index (χ0v) is 11.8. The molecule has 2 aromatic carbocycles. The van der Waals surface area contributed by atoms with Crippen molar-refractivity contribution in [2.75, 3.05) is 24.2 Å². The molecule has 0 saturated carbocycles. The SMILES string of the molecule is CN(CCBr)C(=O)Nc1cccc2ccccc12. The van der Waals surface area contributed by atoms with E-state index in [2.05, 4.69) is 21.2 Å². The van der Waals surface area contributed by atoms with Crippen LogP contribution in [0, 0.1) is 0 Å². The molecule has 0 atom stereocenters. The molecule has 1 N–H and O–H groups in total. The number of rotatable bonds is 3. The first-order valence-electron chi connectivity index (χ1n) is 5.78. The Bertz CT molecular complexity index is 551. The van der Waals surface area contributed by atoms with Crippen LogP contribution in [-0.4, -0.2) is 29.9 Å². The van der Waals surface area contributed by atoms with Crippen LogP contribution in [0.4, 0.5) is 10.5 Å². The van der Waals surface area contributed by atoms with Gasteiger partial charge >= 0.3 is 6.03 Å². The van der Waals surface area contributed by atoms with Crippen LogP contribution in [-0.2, 0) is 0 Å². The Morgan fingerprint density at radius 1 is 1.22 bits per heavy atom. The largest absolute Gasteiger partial charge is 0.327 e. The summed E-state index contributed by atoms with van der Waals surface area (Å²) in [5.41, 5.74) is 0.847. The maximum absolute atomic E-state index is 11.9. The van der Waals surface area contributed by atoms with Crippen LogP contribution in [0.5, 0.6) is 0 Å². The number of urea groups is 1. The number of amides is 2. The second-order valence-corrected chi connectivity index (χ2v) is 4.86. The summed E-state index contributed by atoms with van der Waals surface area (Å²) >= 11 is 3.32. The lowest BCUT2D eigenvalue weighted by Gasteiger charge is -2.17. The van der Waals surface area contributed by atoms with E-state index in [0.29, 0.717) is 6.54 Å². The maximum atomic E-state index is 11.9. The normalized spacial score (nSPS) is 10.3. The summed E-state index contributed by atoms with van der Waals surface area (Å²) < 4.78 is 0. The number of hydrogen-bond acceptors (Lipinski definition) is 1. The highest BCUT2D eigenvalue weighted by atomic mass is 79.9. The quantitative estimate of drug-likeness (QED) is 0.862. The van der Waals surface area contributed by atoms with E-state index in [-0.39, 0.29) is 6.03 Å². The van der Waals surface area contributed by atoms with Crippen LogP contribution >= 0.6 is 15.9 Å². The Morgan fingerprint density at radius 2 is 1.94 bits per heavy atom. The predicted molar refractivity (Wildman–Crippen MR) is 79.4 cm³/mol. The molecule has 0 unspecified atom stereocenters. The van der Waals surface area contributed by atoms with Crippen LogP contribution in [0.3, 0.4) is 0 Å². The highest BCUT2D eigenvalue weighted by Gasteiger charge is 2.09. The van der Waals surface area contributed by atoms with Crippen molar-refractivity contribution in [3.63, 3.8) is 0 Å². The summed E-state index contributed by atoms with van der Waals surface area (Å²) in [7, 11) is 1.78. The molecule has 2 amide bonds. The number of anilines is 1. The molecule has 0 aliphatic heterocycles. The van der Waals surface area contributed by atoms with Gasteiger partial charge in [0.25, 0.3) is 0 Å². The third-order valence-electron chi connectivity index (χ3n) is 2.80. The Morgan fingerprint density at radius 3 is 2.72 bits per heavy atom. The van der Waals surface area contributed by atoms with Crippen molar-refractivity contribution >= 4 is 38.4 Å². The molecule has 3 nitrogen and oxygen atoms in total. The van der Waals surface area contributed by atoms with E-state index in [1.54, 1.807) is 11.9 Å². The van der Waals surface area contributed by atoms with Crippen molar-refractivity contribution in [1.82, 2.24) is 4.90 Å². The van der Waals surface area contributed by atoms with Gasteiger partial charge in [0.1, 0.15) is 0 Å². The van der Waals surface area contributed by atoms with E-state index in [1.165, 1.54) is 0 Å². The molecule has 0 radical (unpaired) electrons. The van der Waals surface area contributed by atoms with Gasteiger partial charge in [0.05, 0.1) is 5.69 Å². The van der Waals surface area contributed by atoms with Crippen LogP contribution in [0.2, 0.25) is 0 Å². The molecule has 0 fully saturated rings. The molecule has 0 aromatic heterocycles. The molecule has 4 heteroatoms. The van der Waals surface area contributed by atoms with Gasteiger partial charge in [0.2, 0.25) is 0 Å². The van der Waals surface area contributed by atoms with Gasteiger partial charge in [-0.3, -0.25) is 0 Å². The molecule has 0 saturated heterocycles. The second kappa shape index (κ2) is 5.87. The molecule has 0 heterocycles. The van der Waals surface area contributed by atoms with E-state index >= 15 is 0 Å². The fourth-order valence-electron chi connectivity index (χ4n) is 1.77. The van der Waals surface area contributed by atoms with E-state index in [1.807, 2.05) is 42.5 Å². The first-order valence-corrected chi connectivity index (χ1v) is 6.90. The number of carbonyl (C=O) groups excluding carboxylic acids is 1. The van der Waals surface area contributed by atoms with Crippen LogP contribution in [0.25, 0.3) is 10.8 Å². The lowest BCUT2D eigenvalue weighted by molar-refractivity contribution is 0.225. The third kappa shape index (κ3) is 2.82. The van der Waals surface area contributed by atoms with Crippen LogP contribution < -0.4 is 5.32 Å². The van der Waals surface area contributed by atoms with Gasteiger partial charge in [-0.05, 0) is 11.5 Å². The number of carbonyl (C=O) groups is 1. The Labute approximate surface area is 115 Å².